The zero-order valence-corrected chi connectivity index (χ0v) is 22.9. The number of hydrogen-bond donors (Lipinski definition) is 1. The Morgan fingerprint density at radius 2 is 1.88 bits per heavy atom. The molecule has 3 aromatic rings. The fraction of sp³-hybridized carbons (Fsp3) is 0.500. The third-order valence-electron chi connectivity index (χ3n) is 7.02. The lowest BCUT2D eigenvalue weighted by Gasteiger charge is -2.36. The lowest BCUT2D eigenvalue weighted by molar-refractivity contribution is -0.119. The average Bonchev–Trinajstić information content (AvgIpc) is 3.54. The topological polar surface area (TPSA) is 102 Å². The van der Waals surface area contributed by atoms with Crippen LogP contribution >= 0.6 is 0 Å². The molecule has 0 saturated carbocycles. The third-order valence-corrected chi connectivity index (χ3v) is 7.02. The summed E-state index contributed by atoms with van der Waals surface area (Å²) in [6.45, 7) is 6.08. The molecule has 2 aliphatic rings. The highest BCUT2D eigenvalue weighted by Gasteiger charge is 2.26. The number of aromatic nitrogens is 3. The van der Waals surface area contributed by atoms with Crippen LogP contribution < -0.4 is 15.0 Å². The standard InChI is InChI=1S/C28H34F2N6O4/c1-28(2,3)40-27(38)35-11-9-34(10-12-35)20-6-4-19(5-7-20)21-15-22-24(36(17-32-22)26(29)30)25(33-21)39-13-8-18-14-23(37)31-16-18/h4-7,15,17-18,26H,8-14,16H2,1-3H3,(H,31,37)/t18-/m1/s1. The van der Waals surface area contributed by atoms with Gasteiger partial charge in [-0.1, -0.05) is 12.1 Å². The second-order valence-electron chi connectivity index (χ2n) is 11.1. The van der Waals surface area contributed by atoms with Gasteiger partial charge in [-0.2, -0.15) is 8.78 Å². The van der Waals surface area contributed by atoms with Gasteiger partial charge < -0.3 is 24.6 Å². The van der Waals surface area contributed by atoms with E-state index in [4.69, 9.17) is 9.47 Å². The first-order valence-corrected chi connectivity index (χ1v) is 13.5. The van der Waals surface area contributed by atoms with Gasteiger partial charge in [0.2, 0.25) is 11.8 Å². The number of ether oxygens (including phenoxy) is 2. The van der Waals surface area contributed by atoms with Gasteiger partial charge in [-0.3, -0.25) is 9.36 Å². The Morgan fingerprint density at radius 1 is 1.15 bits per heavy atom. The van der Waals surface area contributed by atoms with Crippen LogP contribution in [0.3, 0.4) is 0 Å². The molecule has 1 atom stereocenters. The van der Waals surface area contributed by atoms with Crippen molar-refractivity contribution in [2.24, 2.45) is 5.92 Å². The van der Waals surface area contributed by atoms with Crippen molar-refractivity contribution in [3.63, 3.8) is 0 Å². The normalized spacial score (nSPS) is 17.9. The maximum atomic E-state index is 13.7. The van der Waals surface area contributed by atoms with E-state index >= 15 is 0 Å². The minimum atomic E-state index is -2.79. The lowest BCUT2D eigenvalue weighted by Crippen LogP contribution is -2.50. The smallest absolute Gasteiger partial charge is 0.410 e. The van der Waals surface area contributed by atoms with Crippen molar-refractivity contribution in [3.05, 3.63) is 36.7 Å². The van der Waals surface area contributed by atoms with E-state index in [2.05, 4.69) is 20.2 Å². The van der Waals surface area contributed by atoms with Gasteiger partial charge in [-0.05, 0) is 51.3 Å². The van der Waals surface area contributed by atoms with E-state index in [1.54, 1.807) is 11.0 Å². The van der Waals surface area contributed by atoms with Crippen molar-refractivity contribution in [3.8, 4) is 17.1 Å². The molecule has 10 nitrogen and oxygen atoms in total. The highest BCUT2D eigenvalue weighted by molar-refractivity contribution is 5.85. The van der Waals surface area contributed by atoms with Gasteiger partial charge in [-0.15, -0.1) is 0 Å². The molecule has 1 N–H and O–H groups in total. The quantitative estimate of drug-likeness (QED) is 0.459. The van der Waals surface area contributed by atoms with Crippen LogP contribution in [-0.2, 0) is 9.53 Å². The van der Waals surface area contributed by atoms with Crippen LogP contribution in [0, 0.1) is 5.92 Å². The minimum Gasteiger partial charge on any atom is -0.476 e. The summed E-state index contributed by atoms with van der Waals surface area (Å²) in [7, 11) is 0. The summed E-state index contributed by atoms with van der Waals surface area (Å²) in [6, 6.07) is 9.48. The second kappa shape index (κ2) is 11.3. The van der Waals surface area contributed by atoms with Gasteiger partial charge in [0.1, 0.15) is 17.4 Å². The first-order valence-electron chi connectivity index (χ1n) is 13.5. The van der Waals surface area contributed by atoms with Gasteiger partial charge in [-0.25, -0.2) is 14.8 Å². The lowest BCUT2D eigenvalue weighted by atomic mass is 10.1. The van der Waals surface area contributed by atoms with E-state index in [-0.39, 0.29) is 35.9 Å². The fourth-order valence-corrected chi connectivity index (χ4v) is 4.93. The molecule has 1 aromatic carbocycles. The Bertz CT molecular complexity index is 1360. The van der Waals surface area contributed by atoms with Crippen LogP contribution in [0.1, 0.15) is 40.2 Å². The number of pyridine rings is 1. The summed E-state index contributed by atoms with van der Waals surface area (Å²) in [5.41, 5.74) is 2.32. The molecular weight excluding hydrogens is 522 g/mol. The predicted octanol–water partition coefficient (Wildman–Crippen LogP) is 4.46. The van der Waals surface area contributed by atoms with Crippen LogP contribution in [0.25, 0.3) is 22.3 Å². The first-order chi connectivity index (χ1) is 19.1. The second-order valence-corrected chi connectivity index (χ2v) is 11.1. The number of nitrogens with zero attached hydrogens (tertiary/aromatic N) is 5. The van der Waals surface area contributed by atoms with Gasteiger partial charge >= 0.3 is 12.6 Å². The highest BCUT2D eigenvalue weighted by Crippen LogP contribution is 2.32. The van der Waals surface area contributed by atoms with E-state index in [0.29, 0.717) is 56.8 Å². The van der Waals surface area contributed by atoms with Gasteiger partial charge in [0.15, 0.2) is 0 Å². The number of halogens is 2. The van der Waals surface area contributed by atoms with Crippen molar-refractivity contribution in [2.45, 2.75) is 45.8 Å². The van der Waals surface area contributed by atoms with Crippen LogP contribution in [0.4, 0.5) is 19.3 Å². The third kappa shape index (κ3) is 6.26. The number of hydrogen-bond acceptors (Lipinski definition) is 7. The molecule has 2 fully saturated rings. The van der Waals surface area contributed by atoms with Crippen molar-refractivity contribution in [1.82, 2.24) is 24.8 Å². The maximum Gasteiger partial charge on any atom is 0.410 e. The molecule has 2 aliphatic heterocycles. The molecule has 2 saturated heterocycles. The molecule has 0 radical (unpaired) electrons. The molecule has 5 rings (SSSR count). The Balaban J connectivity index is 1.29. The van der Waals surface area contributed by atoms with E-state index in [9.17, 15) is 18.4 Å². The van der Waals surface area contributed by atoms with Crippen LogP contribution in [0.15, 0.2) is 36.7 Å². The van der Waals surface area contributed by atoms with Gasteiger partial charge in [0, 0.05) is 50.4 Å². The van der Waals surface area contributed by atoms with Gasteiger partial charge in [0.25, 0.3) is 0 Å². The van der Waals surface area contributed by atoms with E-state index in [0.717, 1.165) is 22.1 Å². The Labute approximate surface area is 231 Å². The number of carbonyl (C=O) groups is 2. The zero-order chi connectivity index (χ0) is 28.4. The Hall–Kier alpha value is -3.96. The average molecular weight is 557 g/mol. The van der Waals surface area contributed by atoms with Gasteiger partial charge in [0.05, 0.1) is 17.8 Å². The largest absolute Gasteiger partial charge is 0.476 e. The van der Waals surface area contributed by atoms with E-state index in [1.165, 1.54) is 0 Å². The molecule has 0 unspecified atom stereocenters. The molecule has 0 bridgehead atoms. The number of imidazole rings is 1. The van der Waals surface area contributed by atoms with Crippen LogP contribution in [-0.4, -0.2) is 76.4 Å². The number of amides is 2. The highest BCUT2D eigenvalue weighted by atomic mass is 19.3. The van der Waals surface area contributed by atoms with Crippen molar-refractivity contribution < 1.29 is 27.8 Å². The molecule has 0 spiro atoms. The zero-order valence-electron chi connectivity index (χ0n) is 22.9. The molecule has 12 heteroatoms. The number of alkyl halides is 2. The molecule has 4 heterocycles. The van der Waals surface area contributed by atoms with E-state index < -0.39 is 12.2 Å². The summed E-state index contributed by atoms with van der Waals surface area (Å²) in [6.07, 6.45) is 1.83. The predicted molar refractivity (Wildman–Crippen MR) is 145 cm³/mol. The number of fused-ring (bicyclic) bond motifs is 1. The van der Waals surface area contributed by atoms with Crippen LogP contribution in [0.2, 0.25) is 0 Å². The number of nitrogens with one attached hydrogen (secondary N) is 1. The summed E-state index contributed by atoms with van der Waals surface area (Å²) in [5.74, 6) is 0.242. The summed E-state index contributed by atoms with van der Waals surface area (Å²) in [5, 5.41) is 2.79. The Morgan fingerprint density at radius 3 is 2.50 bits per heavy atom. The fourth-order valence-electron chi connectivity index (χ4n) is 4.93. The summed E-state index contributed by atoms with van der Waals surface area (Å²) < 4.78 is 39.5. The SMILES string of the molecule is CC(C)(C)OC(=O)N1CCN(c2ccc(-c3cc4ncn(C(F)F)c4c(OCC[C@H]4CNC(=O)C4)n3)cc2)CC1. The molecule has 2 amide bonds. The molecular formula is C28H34F2N6O4. The monoisotopic (exact) mass is 556 g/mol. The summed E-state index contributed by atoms with van der Waals surface area (Å²) >= 11 is 0. The van der Waals surface area contributed by atoms with E-state index in [1.807, 2.05) is 45.0 Å². The number of carbonyl (C=O) groups excluding carboxylic acids is 2. The number of piperazine rings is 1. The summed E-state index contributed by atoms with van der Waals surface area (Å²) in [4.78, 5) is 36.5. The van der Waals surface area contributed by atoms with Crippen molar-refractivity contribution in [1.29, 1.82) is 0 Å². The van der Waals surface area contributed by atoms with Crippen molar-refractivity contribution >= 4 is 28.7 Å². The molecule has 0 aliphatic carbocycles. The minimum absolute atomic E-state index is 0.0108. The number of anilines is 1. The maximum absolute atomic E-state index is 13.7. The number of benzene rings is 1. The van der Waals surface area contributed by atoms with Crippen molar-refractivity contribution in [2.75, 3.05) is 44.2 Å². The molecule has 2 aromatic heterocycles. The molecule has 40 heavy (non-hydrogen) atoms. The Kier molecular flexibility index (Phi) is 7.77. The van der Waals surface area contributed by atoms with Crippen LogP contribution in [0.5, 0.6) is 5.88 Å². The number of rotatable bonds is 7. The first kappa shape index (κ1) is 27.6. The molecule has 214 valence electrons.